The molecule has 1 saturated heterocycles. The van der Waals surface area contributed by atoms with Crippen LogP contribution in [0.5, 0.6) is 5.75 Å². The summed E-state index contributed by atoms with van der Waals surface area (Å²) in [6.45, 7) is 5.57. The smallest absolute Gasteiger partial charge is 0.234 e. The van der Waals surface area contributed by atoms with E-state index in [1.165, 1.54) is 0 Å². The Morgan fingerprint density at radius 1 is 1.12 bits per heavy atom. The van der Waals surface area contributed by atoms with E-state index in [2.05, 4.69) is 31.0 Å². The second-order valence-corrected chi connectivity index (χ2v) is 7.42. The van der Waals surface area contributed by atoms with E-state index in [0.29, 0.717) is 12.3 Å². The van der Waals surface area contributed by atoms with E-state index in [0.717, 1.165) is 41.9 Å². The molecule has 0 unspecified atom stereocenters. The maximum absolute atomic E-state index is 12.4. The van der Waals surface area contributed by atoms with E-state index < -0.39 is 0 Å². The highest BCUT2D eigenvalue weighted by atomic mass is 79.9. The number of benzene rings is 2. The summed E-state index contributed by atoms with van der Waals surface area (Å²) in [5.74, 6) is 0.338. The van der Waals surface area contributed by atoms with Crippen molar-refractivity contribution in [2.75, 3.05) is 37.6 Å². The molecule has 26 heavy (non-hydrogen) atoms. The number of carbonyl (C=O) groups excluding carboxylic acids is 1. The molecule has 138 valence electrons. The van der Waals surface area contributed by atoms with Gasteiger partial charge in [-0.05, 0) is 30.7 Å². The third-order valence-electron chi connectivity index (χ3n) is 4.71. The zero-order valence-electron chi connectivity index (χ0n) is 14.9. The highest BCUT2D eigenvalue weighted by molar-refractivity contribution is 9.10. The van der Waals surface area contributed by atoms with E-state index in [4.69, 9.17) is 0 Å². The number of piperazine rings is 1. The average Bonchev–Trinajstić information content (AvgIpc) is 2.63. The molecule has 0 radical (unpaired) electrons. The molecule has 1 aliphatic rings. The van der Waals surface area contributed by atoms with Gasteiger partial charge < -0.3 is 15.3 Å². The molecule has 1 heterocycles. The Balaban J connectivity index is 1.49. The zero-order valence-corrected chi connectivity index (χ0v) is 16.4. The van der Waals surface area contributed by atoms with Gasteiger partial charge in [0.15, 0.2) is 0 Å². The largest absolute Gasteiger partial charge is 0.506 e. The minimum Gasteiger partial charge on any atom is -0.506 e. The van der Waals surface area contributed by atoms with Gasteiger partial charge in [-0.25, -0.2) is 0 Å². The first-order valence-electron chi connectivity index (χ1n) is 8.83. The summed E-state index contributed by atoms with van der Waals surface area (Å²) in [5.41, 5.74) is 1.93. The van der Waals surface area contributed by atoms with Crippen molar-refractivity contribution in [2.24, 2.45) is 0 Å². The standard InChI is InChI=1S/C20H24BrN3O2/c1-15(16-6-2-3-7-17(16)21)22-20(26)14-23-10-12-24(13-11-23)18-8-4-5-9-19(18)25/h2-9,15,25H,10-14H2,1H3,(H,22,26)/t15-/m1/s1. The monoisotopic (exact) mass is 417 g/mol. The normalized spacial score (nSPS) is 16.3. The van der Waals surface area contributed by atoms with Crippen molar-refractivity contribution < 1.29 is 9.90 Å². The minimum atomic E-state index is -0.0411. The second kappa shape index (κ2) is 8.56. The summed E-state index contributed by atoms with van der Waals surface area (Å²) in [7, 11) is 0. The third-order valence-corrected chi connectivity index (χ3v) is 5.43. The van der Waals surface area contributed by atoms with Crippen LogP contribution in [0.25, 0.3) is 0 Å². The average molecular weight is 418 g/mol. The summed E-state index contributed by atoms with van der Waals surface area (Å²) in [6.07, 6.45) is 0. The van der Waals surface area contributed by atoms with E-state index in [9.17, 15) is 9.90 Å². The van der Waals surface area contributed by atoms with Crippen LogP contribution in [0.15, 0.2) is 53.0 Å². The second-order valence-electron chi connectivity index (χ2n) is 6.56. The third kappa shape index (κ3) is 4.56. The summed E-state index contributed by atoms with van der Waals surface area (Å²) < 4.78 is 1.00. The molecule has 0 spiro atoms. The lowest BCUT2D eigenvalue weighted by molar-refractivity contribution is -0.123. The maximum Gasteiger partial charge on any atom is 0.234 e. The number of rotatable bonds is 5. The van der Waals surface area contributed by atoms with E-state index >= 15 is 0 Å². The van der Waals surface area contributed by atoms with Gasteiger partial charge in [-0.3, -0.25) is 9.69 Å². The highest BCUT2D eigenvalue weighted by Gasteiger charge is 2.21. The van der Waals surface area contributed by atoms with E-state index in [1.807, 2.05) is 49.4 Å². The van der Waals surface area contributed by atoms with Crippen LogP contribution in [0.3, 0.4) is 0 Å². The molecule has 0 bridgehead atoms. The number of nitrogens with one attached hydrogen (secondary N) is 1. The van der Waals surface area contributed by atoms with Crippen LogP contribution in [-0.4, -0.2) is 48.6 Å². The van der Waals surface area contributed by atoms with Gasteiger partial charge in [0.2, 0.25) is 5.91 Å². The lowest BCUT2D eigenvalue weighted by Gasteiger charge is -2.36. The predicted octanol–water partition coefficient (Wildman–Crippen LogP) is 3.15. The van der Waals surface area contributed by atoms with Crippen molar-refractivity contribution in [3.63, 3.8) is 0 Å². The van der Waals surface area contributed by atoms with Gasteiger partial charge in [0.05, 0.1) is 18.3 Å². The molecule has 2 aromatic rings. The Labute approximate surface area is 162 Å². The molecule has 0 saturated carbocycles. The van der Waals surface area contributed by atoms with Crippen molar-refractivity contribution in [3.05, 3.63) is 58.6 Å². The number of halogens is 1. The van der Waals surface area contributed by atoms with Crippen molar-refractivity contribution in [1.29, 1.82) is 0 Å². The number of anilines is 1. The summed E-state index contributed by atoms with van der Waals surface area (Å²) >= 11 is 3.53. The van der Waals surface area contributed by atoms with Crippen LogP contribution in [0.2, 0.25) is 0 Å². The Bertz CT molecular complexity index is 760. The maximum atomic E-state index is 12.4. The number of hydrogen-bond donors (Lipinski definition) is 2. The van der Waals surface area contributed by atoms with Crippen LogP contribution in [0.4, 0.5) is 5.69 Å². The fourth-order valence-corrected chi connectivity index (χ4v) is 3.90. The summed E-state index contributed by atoms with van der Waals surface area (Å²) in [4.78, 5) is 16.7. The first-order valence-corrected chi connectivity index (χ1v) is 9.63. The highest BCUT2D eigenvalue weighted by Crippen LogP contribution is 2.27. The van der Waals surface area contributed by atoms with Crippen LogP contribution >= 0.6 is 15.9 Å². The fourth-order valence-electron chi connectivity index (χ4n) is 3.27. The van der Waals surface area contributed by atoms with Gasteiger partial charge >= 0.3 is 0 Å². The van der Waals surface area contributed by atoms with Crippen LogP contribution in [-0.2, 0) is 4.79 Å². The number of phenols is 1. The zero-order chi connectivity index (χ0) is 18.5. The Kier molecular flexibility index (Phi) is 6.16. The molecule has 1 aliphatic heterocycles. The van der Waals surface area contributed by atoms with Crippen molar-refractivity contribution in [1.82, 2.24) is 10.2 Å². The minimum absolute atomic E-state index is 0.0317. The van der Waals surface area contributed by atoms with Crippen LogP contribution in [0.1, 0.15) is 18.5 Å². The molecule has 0 aromatic heterocycles. The molecule has 1 fully saturated rings. The number of hydrogen-bond acceptors (Lipinski definition) is 4. The number of nitrogens with zero attached hydrogens (tertiary/aromatic N) is 2. The van der Waals surface area contributed by atoms with Crippen LogP contribution in [0, 0.1) is 0 Å². The number of aromatic hydroxyl groups is 1. The van der Waals surface area contributed by atoms with Gasteiger partial charge in [0.25, 0.3) is 0 Å². The fraction of sp³-hybridized carbons (Fsp3) is 0.350. The van der Waals surface area contributed by atoms with Gasteiger partial charge in [-0.15, -0.1) is 0 Å². The molecule has 0 aliphatic carbocycles. The lowest BCUT2D eigenvalue weighted by Crippen LogP contribution is -2.49. The Morgan fingerprint density at radius 3 is 2.46 bits per heavy atom. The number of amides is 1. The number of phenolic OH excluding ortho intramolecular Hbond substituents is 1. The Morgan fingerprint density at radius 2 is 1.77 bits per heavy atom. The lowest BCUT2D eigenvalue weighted by atomic mass is 10.1. The van der Waals surface area contributed by atoms with Crippen molar-refractivity contribution in [3.8, 4) is 5.75 Å². The molecule has 6 heteroatoms. The summed E-state index contributed by atoms with van der Waals surface area (Å²) in [6, 6.07) is 15.3. The van der Waals surface area contributed by atoms with E-state index in [-0.39, 0.29) is 11.9 Å². The first kappa shape index (κ1) is 18.7. The molecule has 2 aromatic carbocycles. The molecule has 3 rings (SSSR count). The molecular formula is C20H24BrN3O2. The van der Waals surface area contributed by atoms with Crippen molar-refractivity contribution >= 4 is 27.5 Å². The van der Waals surface area contributed by atoms with Gasteiger partial charge in [0.1, 0.15) is 5.75 Å². The SMILES string of the molecule is C[C@@H](NC(=O)CN1CCN(c2ccccc2O)CC1)c1ccccc1Br. The van der Waals surface area contributed by atoms with Crippen LogP contribution < -0.4 is 10.2 Å². The predicted molar refractivity (Wildman–Crippen MR) is 107 cm³/mol. The topological polar surface area (TPSA) is 55.8 Å². The van der Waals surface area contributed by atoms with Crippen molar-refractivity contribution in [2.45, 2.75) is 13.0 Å². The number of carbonyl (C=O) groups is 1. The number of para-hydroxylation sites is 2. The first-order chi connectivity index (χ1) is 12.5. The molecule has 2 N–H and O–H groups in total. The van der Waals surface area contributed by atoms with Gasteiger partial charge in [-0.1, -0.05) is 46.3 Å². The van der Waals surface area contributed by atoms with Gasteiger partial charge in [-0.2, -0.15) is 0 Å². The quantitative estimate of drug-likeness (QED) is 0.784. The molecular weight excluding hydrogens is 394 g/mol. The molecule has 5 nitrogen and oxygen atoms in total. The Hall–Kier alpha value is -2.05. The summed E-state index contributed by atoms with van der Waals surface area (Å²) in [5, 5.41) is 13.1. The van der Waals surface area contributed by atoms with E-state index in [1.54, 1.807) is 6.07 Å². The molecule has 1 amide bonds. The molecule has 1 atom stereocenters. The van der Waals surface area contributed by atoms with Gasteiger partial charge in [0, 0.05) is 30.7 Å².